The maximum absolute atomic E-state index is 12.1. The first kappa shape index (κ1) is 15.7. The van der Waals surface area contributed by atoms with Gasteiger partial charge in [-0.15, -0.1) is 0 Å². The number of carbonyl (C=O) groups is 1. The fourth-order valence-electron chi connectivity index (χ4n) is 3.89. The lowest BCUT2D eigenvalue weighted by molar-refractivity contribution is -0.119. The molecule has 2 fully saturated rings. The van der Waals surface area contributed by atoms with Gasteiger partial charge in [-0.3, -0.25) is 4.79 Å². The monoisotopic (exact) mass is 343 g/mol. The Kier molecular flexibility index (Phi) is 4.31. The van der Waals surface area contributed by atoms with Gasteiger partial charge < -0.3 is 9.84 Å². The van der Waals surface area contributed by atoms with Crippen LogP contribution in [0.5, 0.6) is 0 Å². The molecule has 2 saturated carbocycles. The third-order valence-corrected chi connectivity index (χ3v) is 5.95. The van der Waals surface area contributed by atoms with E-state index >= 15 is 0 Å². The number of aryl methyl sites for hydroxylation is 1. The van der Waals surface area contributed by atoms with E-state index in [1.54, 1.807) is 0 Å². The fourth-order valence-corrected chi connectivity index (χ4v) is 4.46. The number of amides is 1. The zero-order chi connectivity index (χ0) is 16.5. The van der Waals surface area contributed by atoms with Gasteiger partial charge in [-0.2, -0.15) is 4.98 Å². The molecule has 2 aromatic rings. The van der Waals surface area contributed by atoms with Crippen molar-refractivity contribution >= 4 is 17.7 Å². The van der Waals surface area contributed by atoms with Crippen molar-refractivity contribution in [3.05, 3.63) is 29.8 Å². The van der Waals surface area contributed by atoms with Crippen LogP contribution in [0.25, 0.3) is 11.4 Å². The molecule has 0 saturated heterocycles. The summed E-state index contributed by atoms with van der Waals surface area (Å²) < 4.78 is 5.24. The third-order valence-electron chi connectivity index (χ3n) is 5.13. The number of carbonyl (C=O) groups excluding carboxylic acids is 1. The van der Waals surface area contributed by atoms with Crippen LogP contribution in [0.1, 0.15) is 31.2 Å². The molecule has 5 nitrogen and oxygen atoms in total. The molecule has 1 N–H and O–H groups in total. The second kappa shape index (κ2) is 6.59. The van der Waals surface area contributed by atoms with Crippen molar-refractivity contribution in [2.75, 3.05) is 5.75 Å². The average molecular weight is 343 g/mol. The van der Waals surface area contributed by atoms with Crippen molar-refractivity contribution < 1.29 is 9.32 Å². The van der Waals surface area contributed by atoms with Crippen LogP contribution in [0.4, 0.5) is 0 Å². The van der Waals surface area contributed by atoms with Gasteiger partial charge in [0, 0.05) is 11.6 Å². The molecule has 1 amide bonds. The summed E-state index contributed by atoms with van der Waals surface area (Å²) in [5.74, 6) is 2.48. The van der Waals surface area contributed by atoms with Gasteiger partial charge in [0.15, 0.2) is 0 Å². The number of nitrogens with one attached hydrogen (secondary N) is 1. The van der Waals surface area contributed by atoms with Crippen molar-refractivity contribution in [1.29, 1.82) is 0 Å². The Morgan fingerprint density at radius 2 is 2.12 bits per heavy atom. The number of fused-ring (bicyclic) bond motifs is 2. The highest BCUT2D eigenvalue weighted by Gasteiger charge is 2.40. The van der Waals surface area contributed by atoms with Gasteiger partial charge in [-0.25, -0.2) is 0 Å². The highest BCUT2D eigenvalue weighted by molar-refractivity contribution is 7.99. The number of aromatic nitrogens is 2. The standard InChI is InChI=1S/C18H21N3O2S/c1-11-2-5-13(6-3-11)17-20-18(23-21-17)24-10-16(22)19-15-9-12-4-7-14(15)8-12/h2-3,5-6,12,14-15H,4,7-10H2,1H3,(H,19,22)/t12-,14+,15+/m0/s1. The molecule has 126 valence electrons. The lowest BCUT2D eigenvalue weighted by Gasteiger charge is -2.22. The molecule has 2 aliphatic carbocycles. The van der Waals surface area contributed by atoms with E-state index in [0.717, 1.165) is 17.9 Å². The quantitative estimate of drug-likeness (QED) is 0.842. The zero-order valence-electron chi connectivity index (χ0n) is 13.7. The summed E-state index contributed by atoms with van der Waals surface area (Å²) in [7, 11) is 0. The van der Waals surface area contributed by atoms with E-state index in [-0.39, 0.29) is 5.91 Å². The molecular formula is C18H21N3O2S. The minimum Gasteiger partial charge on any atom is -0.352 e. The number of hydrogen-bond acceptors (Lipinski definition) is 5. The molecule has 0 spiro atoms. The van der Waals surface area contributed by atoms with Crippen molar-refractivity contribution in [2.24, 2.45) is 11.8 Å². The summed E-state index contributed by atoms with van der Waals surface area (Å²) in [5, 5.41) is 7.60. The predicted octanol–water partition coefficient (Wildman–Crippen LogP) is 3.44. The van der Waals surface area contributed by atoms with Gasteiger partial charge in [0.25, 0.3) is 5.22 Å². The molecule has 6 heteroatoms. The van der Waals surface area contributed by atoms with Crippen LogP contribution < -0.4 is 5.32 Å². The second-order valence-electron chi connectivity index (χ2n) is 6.89. The average Bonchev–Trinajstić information content (AvgIpc) is 3.30. The van der Waals surface area contributed by atoms with E-state index in [2.05, 4.69) is 15.5 Å². The van der Waals surface area contributed by atoms with Crippen LogP contribution in [0.2, 0.25) is 0 Å². The molecule has 1 aromatic heterocycles. The third kappa shape index (κ3) is 3.34. The van der Waals surface area contributed by atoms with Gasteiger partial charge in [0.1, 0.15) is 0 Å². The summed E-state index contributed by atoms with van der Waals surface area (Å²) in [6, 6.07) is 8.35. The molecule has 0 radical (unpaired) electrons. The number of nitrogens with zero attached hydrogens (tertiary/aromatic N) is 2. The molecule has 24 heavy (non-hydrogen) atoms. The molecule has 2 bridgehead atoms. The number of rotatable bonds is 5. The van der Waals surface area contributed by atoms with Gasteiger partial charge in [-0.1, -0.05) is 53.2 Å². The first-order valence-corrected chi connectivity index (χ1v) is 9.49. The SMILES string of the molecule is Cc1ccc(-c2noc(SCC(=O)N[C@@H]3C[C@H]4CC[C@@H]3C4)n2)cc1. The minimum absolute atomic E-state index is 0.0626. The summed E-state index contributed by atoms with van der Waals surface area (Å²) in [5.41, 5.74) is 2.11. The van der Waals surface area contributed by atoms with E-state index in [9.17, 15) is 4.79 Å². The highest BCUT2D eigenvalue weighted by Crippen LogP contribution is 2.44. The van der Waals surface area contributed by atoms with Crippen molar-refractivity contribution in [3.8, 4) is 11.4 Å². The first-order valence-electron chi connectivity index (χ1n) is 8.50. The van der Waals surface area contributed by atoms with Crippen LogP contribution in [-0.2, 0) is 4.79 Å². The van der Waals surface area contributed by atoms with Gasteiger partial charge in [-0.05, 0) is 38.0 Å². The van der Waals surface area contributed by atoms with Gasteiger partial charge in [0.2, 0.25) is 11.7 Å². The van der Waals surface area contributed by atoms with E-state index < -0.39 is 0 Å². The van der Waals surface area contributed by atoms with E-state index in [1.165, 1.54) is 36.6 Å². The predicted molar refractivity (Wildman–Crippen MR) is 92.6 cm³/mol. The minimum atomic E-state index is 0.0626. The highest BCUT2D eigenvalue weighted by atomic mass is 32.2. The lowest BCUT2D eigenvalue weighted by atomic mass is 9.95. The number of benzene rings is 1. The van der Waals surface area contributed by atoms with Crippen molar-refractivity contribution in [3.63, 3.8) is 0 Å². The normalized spacial score (nSPS) is 25.1. The Bertz CT molecular complexity index is 728. The zero-order valence-corrected chi connectivity index (χ0v) is 14.5. The summed E-state index contributed by atoms with van der Waals surface area (Å²) >= 11 is 1.30. The molecule has 1 aromatic carbocycles. The molecule has 1 heterocycles. The smallest absolute Gasteiger partial charge is 0.286 e. The van der Waals surface area contributed by atoms with Crippen LogP contribution in [0.3, 0.4) is 0 Å². The molecule has 3 atom stereocenters. The molecule has 0 unspecified atom stereocenters. The number of hydrogen-bond donors (Lipinski definition) is 1. The van der Waals surface area contributed by atoms with Crippen LogP contribution >= 0.6 is 11.8 Å². The van der Waals surface area contributed by atoms with Crippen molar-refractivity contribution in [2.45, 2.75) is 43.9 Å². The molecular weight excluding hydrogens is 322 g/mol. The molecule has 2 aliphatic rings. The Morgan fingerprint density at radius 1 is 1.29 bits per heavy atom. The van der Waals surface area contributed by atoms with Gasteiger partial charge in [0.05, 0.1) is 5.75 Å². The summed E-state index contributed by atoms with van der Waals surface area (Å²) in [6.45, 7) is 2.04. The van der Waals surface area contributed by atoms with Crippen molar-refractivity contribution in [1.82, 2.24) is 15.5 Å². The maximum atomic E-state index is 12.1. The Labute approximate surface area is 145 Å². The lowest BCUT2D eigenvalue weighted by Crippen LogP contribution is -2.39. The maximum Gasteiger partial charge on any atom is 0.286 e. The Balaban J connectivity index is 1.30. The van der Waals surface area contributed by atoms with Crippen LogP contribution in [0, 0.1) is 18.8 Å². The molecule has 4 rings (SSSR count). The first-order chi connectivity index (χ1) is 11.7. The topological polar surface area (TPSA) is 68.0 Å². The van der Waals surface area contributed by atoms with E-state index in [0.29, 0.717) is 28.8 Å². The number of thioether (sulfide) groups is 1. The van der Waals surface area contributed by atoms with Crippen LogP contribution in [-0.4, -0.2) is 27.8 Å². The summed E-state index contributed by atoms with van der Waals surface area (Å²) in [6.07, 6.45) is 5.06. The summed E-state index contributed by atoms with van der Waals surface area (Å²) in [4.78, 5) is 16.5. The Morgan fingerprint density at radius 3 is 2.83 bits per heavy atom. The van der Waals surface area contributed by atoms with E-state index in [1.807, 2.05) is 31.2 Å². The largest absolute Gasteiger partial charge is 0.352 e. The van der Waals surface area contributed by atoms with Gasteiger partial charge >= 0.3 is 0 Å². The fraction of sp³-hybridized carbons (Fsp3) is 0.500. The second-order valence-corrected chi connectivity index (χ2v) is 7.81. The Hall–Kier alpha value is -1.82. The molecule has 0 aliphatic heterocycles. The van der Waals surface area contributed by atoms with Crippen LogP contribution in [0.15, 0.2) is 34.0 Å². The van der Waals surface area contributed by atoms with E-state index in [4.69, 9.17) is 4.52 Å².